The number of carbonyl (C=O) groups excluding carboxylic acids is 2. The summed E-state index contributed by atoms with van der Waals surface area (Å²) in [4.78, 5) is 44.3. The molecule has 2 aromatic carbocycles. The van der Waals surface area contributed by atoms with Crippen molar-refractivity contribution in [2.75, 3.05) is 31.5 Å². The number of nitro benzene ring substituents is 1. The van der Waals surface area contributed by atoms with Crippen LogP contribution in [0.1, 0.15) is 36.5 Å². The molecule has 1 fully saturated rings. The van der Waals surface area contributed by atoms with Crippen molar-refractivity contribution in [1.82, 2.24) is 19.4 Å². The number of hydrogen-bond donors (Lipinski definition) is 1. The minimum absolute atomic E-state index is 0.00747. The third-order valence-corrected chi connectivity index (χ3v) is 6.14. The number of nitrogens with one attached hydrogen (secondary N) is 1. The van der Waals surface area contributed by atoms with Crippen molar-refractivity contribution >= 4 is 34.2 Å². The molecular formula is C24H28N6O4. The van der Waals surface area contributed by atoms with Crippen LogP contribution in [-0.4, -0.2) is 62.3 Å². The number of hydrogen-bond acceptors (Lipinski definition) is 6. The number of aromatic nitrogens is 2. The van der Waals surface area contributed by atoms with Gasteiger partial charge in [0.25, 0.3) is 11.6 Å². The van der Waals surface area contributed by atoms with Crippen molar-refractivity contribution in [3.8, 4) is 0 Å². The molecule has 1 aromatic heterocycles. The third-order valence-electron chi connectivity index (χ3n) is 6.14. The molecule has 0 unspecified atom stereocenters. The molecule has 0 bridgehead atoms. The summed E-state index contributed by atoms with van der Waals surface area (Å²) in [5.41, 5.74) is 2.00. The Morgan fingerprint density at radius 3 is 2.50 bits per heavy atom. The standard InChI is InChI=1S/C24H28N6O4/c1-3-23(31)28-13-11-27(12-14-28)16-22-26-19-15-17(9-10-21(19)29(22)4-2)25-24(32)18-7-5-6-8-20(18)30(33)34/h5-10,15H,3-4,11-14,16H2,1-2H3,(H,25,32). The van der Waals surface area contributed by atoms with E-state index in [0.29, 0.717) is 18.7 Å². The van der Waals surface area contributed by atoms with E-state index < -0.39 is 10.8 Å². The molecule has 0 radical (unpaired) electrons. The van der Waals surface area contributed by atoms with Crippen LogP contribution < -0.4 is 5.32 Å². The fraction of sp³-hybridized carbons (Fsp3) is 0.375. The number of anilines is 1. The highest BCUT2D eigenvalue weighted by Gasteiger charge is 2.22. The maximum atomic E-state index is 12.7. The van der Waals surface area contributed by atoms with E-state index in [2.05, 4.69) is 21.7 Å². The van der Waals surface area contributed by atoms with E-state index in [0.717, 1.165) is 49.6 Å². The van der Waals surface area contributed by atoms with Gasteiger partial charge in [0.15, 0.2) is 0 Å². The molecule has 10 heteroatoms. The van der Waals surface area contributed by atoms with Crippen molar-refractivity contribution in [2.45, 2.75) is 33.4 Å². The van der Waals surface area contributed by atoms with Crippen LogP contribution in [0, 0.1) is 10.1 Å². The first-order chi connectivity index (χ1) is 16.4. The molecule has 3 aromatic rings. The van der Waals surface area contributed by atoms with E-state index in [9.17, 15) is 19.7 Å². The van der Waals surface area contributed by atoms with E-state index in [-0.39, 0.29) is 17.2 Å². The SMILES string of the molecule is CCC(=O)N1CCN(Cc2nc3cc(NC(=O)c4ccccc4[N+](=O)[O-])ccc3n2CC)CC1. The number of imidazole rings is 1. The summed E-state index contributed by atoms with van der Waals surface area (Å²) in [6, 6.07) is 11.3. The van der Waals surface area contributed by atoms with E-state index in [1.165, 1.54) is 18.2 Å². The quantitative estimate of drug-likeness (QED) is 0.424. The van der Waals surface area contributed by atoms with Gasteiger partial charge >= 0.3 is 0 Å². The average Bonchev–Trinajstić information content (AvgIpc) is 3.19. The first-order valence-corrected chi connectivity index (χ1v) is 11.4. The lowest BCUT2D eigenvalue weighted by Gasteiger charge is -2.34. The molecule has 178 valence electrons. The van der Waals surface area contributed by atoms with Gasteiger partial charge in [0, 0.05) is 50.9 Å². The number of benzene rings is 2. The highest BCUT2D eigenvalue weighted by Crippen LogP contribution is 2.24. The second kappa shape index (κ2) is 10.0. The molecule has 2 amide bonds. The van der Waals surface area contributed by atoms with Gasteiger partial charge in [-0.25, -0.2) is 4.98 Å². The number of piperazine rings is 1. The van der Waals surface area contributed by atoms with Gasteiger partial charge in [-0.15, -0.1) is 0 Å². The smallest absolute Gasteiger partial charge is 0.282 e. The van der Waals surface area contributed by atoms with Gasteiger partial charge in [-0.1, -0.05) is 19.1 Å². The molecule has 2 heterocycles. The lowest BCUT2D eigenvalue weighted by atomic mass is 10.1. The van der Waals surface area contributed by atoms with Gasteiger partial charge in [0.05, 0.1) is 22.5 Å². The molecule has 4 rings (SSSR count). The zero-order valence-corrected chi connectivity index (χ0v) is 19.4. The highest BCUT2D eigenvalue weighted by atomic mass is 16.6. The highest BCUT2D eigenvalue weighted by molar-refractivity contribution is 6.07. The van der Waals surface area contributed by atoms with Crippen molar-refractivity contribution in [1.29, 1.82) is 0 Å². The first kappa shape index (κ1) is 23.4. The predicted octanol–water partition coefficient (Wildman–Crippen LogP) is 3.27. The van der Waals surface area contributed by atoms with Gasteiger partial charge in [-0.05, 0) is 31.2 Å². The number of carbonyl (C=O) groups is 2. The Hall–Kier alpha value is -3.79. The molecule has 1 N–H and O–H groups in total. The molecule has 1 aliphatic heterocycles. The van der Waals surface area contributed by atoms with Crippen molar-refractivity contribution in [3.05, 3.63) is 64.0 Å². The normalized spacial score (nSPS) is 14.4. The van der Waals surface area contributed by atoms with Gasteiger partial charge in [0.1, 0.15) is 11.4 Å². The number of rotatable bonds is 7. The Bertz CT molecular complexity index is 1230. The molecule has 34 heavy (non-hydrogen) atoms. The maximum Gasteiger partial charge on any atom is 0.282 e. The van der Waals surface area contributed by atoms with Gasteiger partial charge in [-0.2, -0.15) is 0 Å². The van der Waals surface area contributed by atoms with Crippen molar-refractivity contribution < 1.29 is 14.5 Å². The second-order valence-corrected chi connectivity index (χ2v) is 8.21. The van der Waals surface area contributed by atoms with E-state index in [1.807, 2.05) is 17.9 Å². The summed E-state index contributed by atoms with van der Waals surface area (Å²) < 4.78 is 2.15. The van der Waals surface area contributed by atoms with Crippen LogP contribution in [0.25, 0.3) is 11.0 Å². The van der Waals surface area contributed by atoms with Crippen LogP contribution in [0.2, 0.25) is 0 Å². The monoisotopic (exact) mass is 464 g/mol. The number of amides is 2. The van der Waals surface area contributed by atoms with Crippen LogP contribution in [-0.2, 0) is 17.9 Å². The molecule has 10 nitrogen and oxygen atoms in total. The second-order valence-electron chi connectivity index (χ2n) is 8.21. The molecule has 0 aliphatic carbocycles. The van der Waals surface area contributed by atoms with Crippen LogP contribution in [0.4, 0.5) is 11.4 Å². The minimum atomic E-state index is -0.564. The number of fused-ring (bicyclic) bond motifs is 1. The van der Waals surface area contributed by atoms with Crippen molar-refractivity contribution in [2.24, 2.45) is 0 Å². The largest absolute Gasteiger partial charge is 0.340 e. The van der Waals surface area contributed by atoms with Gasteiger partial charge in [-0.3, -0.25) is 24.6 Å². The Morgan fingerprint density at radius 1 is 1.09 bits per heavy atom. The summed E-state index contributed by atoms with van der Waals surface area (Å²) in [5.74, 6) is 0.576. The van der Waals surface area contributed by atoms with Gasteiger partial charge in [0.2, 0.25) is 5.91 Å². The lowest BCUT2D eigenvalue weighted by molar-refractivity contribution is -0.385. The fourth-order valence-corrected chi connectivity index (χ4v) is 4.33. The Kier molecular flexibility index (Phi) is 6.87. The Balaban J connectivity index is 1.51. The topological polar surface area (TPSA) is 114 Å². The summed E-state index contributed by atoms with van der Waals surface area (Å²) in [7, 11) is 0. The van der Waals surface area contributed by atoms with E-state index >= 15 is 0 Å². The first-order valence-electron chi connectivity index (χ1n) is 11.4. The number of nitrogens with zero attached hydrogens (tertiary/aromatic N) is 5. The van der Waals surface area contributed by atoms with E-state index in [4.69, 9.17) is 4.98 Å². The Morgan fingerprint density at radius 2 is 1.82 bits per heavy atom. The molecule has 0 atom stereocenters. The van der Waals surface area contributed by atoms with Crippen molar-refractivity contribution in [3.63, 3.8) is 0 Å². The number of para-hydroxylation sites is 1. The predicted molar refractivity (Wildman–Crippen MR) is 129 cm³/mol. The molecular weight excluding hydrogens is 436 g/mol. The third kappa shape index (κ3) is 4.76. The maximum absolute atomic E-state index is 12.7. The lowest BCUT2D eigenvalue weighted by Crippen LogP contribution is -2.48. The van der Waals surface area contributed by atoms with Gasteiger partial charge < -0.3 is 14.8 Å². The Labute approximate surface area is 197 Å². The van der Waals surface area contributed by atoms with Crippen LogP contribution in [0.3, 0.4) is 0 Å². The van der Waals surface area contributed by atoms with E-state index in [1.54, 1.807) is 18.2 Å². The number of aryl methyl sites for hydroxylation is 1. The fourth-order valence-electron chi connectivity index (χ4n) is 4.33. The van der Waals surface area contributed by atoms with Crippen LogP contribution >= 0.6 is 0 Å². The molecule has 1 saturated heterocycles. The molecule has 0 saturated carbocycles. The summed E-state index contributed by atoms with van der Waals surface area (Å²) in [6.07, 6.45) is 0.530. The molecule has 0 spiro atoms. The summed E-state index contributed by atoms with van der Waals surface area (Å²) in [5, 5.41) is 14.0. The summed E-state index contributed by atoms with van der Waals surface area (Å²) >= 11 is 0. The zero-order chi connectivity index (χ0) is 24.2. The van der Waals surface area contributed by atoms with Crippen LogP contribution in [0.5, 0.6) is 0 Å². The number of nitro groups is 1. The van der Waals surface area contributed by atoms with Crippen LogP contribution in [0.15, 0.2) is 42.5 Å². The summed E-state index contributed by atoms with van der Waals surface area (Å²) in [6.45, 7) is 8.42. The zero-order valence-electron chi connectivity index (χ0n) is 19.4. The molecule has 1 aliphatic rings. The minimum Gasteiger partial charge on any atom is -0.340 e. The average molecular weight is 465 g/mol.